The number of rotatable bonds is 2. The van der Waals surface area contributed by atoms with Crippen LogP contribution >= 0.6 is 11.3 Å². The zero-order valence-corrected chi connectivity index (χ0v) is 12.2. The first kappa shape index (κ1) is 12.7. The second-order valence-electron chi connectivity index (χ2n) is 5.33. The zero-order chi connectivity index (χ0) is 14.2. The van der Waals surface area contributed by atoms with Crippen molar-refractivity contribution in [2.24, 2.45) is 0 Å². The summed E-state index contributed by atoms with van der Waals surface area (Å²) in [5, 5.41) is 1.82. The van der Waals surface area contributed by atoms with E-state index in [-0.39, 0.29) is 11.9 Å². The summed E-state index contributed by atoms with van der Waals surface area (Å²) in [7, 11) is 0. The van der Waals surface area contributed by atoms with E-state index in [2.05, 4.69) is 19.9 Å². The van der Waals surface area contributed by atoms with Gasteiger partial charge in [0.25, 0.3) is 5.91 Å². The molecule has 0 N–H and O–H groups in total. The molecule has 2 atom stereocenters. The van der Waals surface area contributed by atoms with E-state index in [0.29, 0.717) is 11.7 Å². The number of carbonyl (C=O) groups is 1. The van der Waals surface area contributed by atoms with E-state index in [1.165, 1.54) is 11.3 Å². The van der Waals surface area contributed by atoms with Crippen LogP contribution in [-0.4, -0.2) is 50.9 Å². The molecule has 21 heavy (non-hydrogen) atoms. The summed E-state index contributed by atoms with van der Waals surface area (Å²) >= 11 is 1.46. The number of aromatic nitrogens is 3. The molecule has 4 rings (SSSR count). The predicted octanol–water partition coefficient (Wildman–Crippen LogP) is 1.43. The molecular formula is C14H15N5OS. The van der Waals surface area contributed by atoms with Crippen LogP contribution in [0.4, 0.5) is 5.95 Å². The van der Waals surface area contributed by atoms with Crippen LogP contribution in [-0.2, 0) is 0 Å². The van der Waals surface area contributed by atoms with Crippen molar-refractivity contribution in [2.75, 3.05) is 18.0 Å². The monoisotopic (exact) mass is 301 g/mol. The number of anilines is 1. The molecule has 2 saturated heterocycles. The van der Waals surface area contributed by atoms with Gasteiger partial charge in [0.2, 0.25) is 5.95 Å². The Bertz CT molecular complexity index is 632. The summed E-state index contributed by atoms with van der Waals surface area (Å²) in [5.41, 5.74) is 2.27. The van der Waals surface area contributed by atoms with E-state index in [4.69, 9.17) is 0 Å². The predicted molar refractivity (Wildman–Crippen MR) is 79.3 cm³/mol. The van der Waals surface area contributed by atoms with Crippen molar-refractivity contribution in [3.63, 3.8) is 0 Å². The minimum atomic E-state index is 0.0552. The van der Waals surface area contributed by atoms with Gasteiger partial charge in [0.15, 0.2) is 0 Å². The fraction of sp³-hybridized carbons (Fsp3) is 0.429. The molecule has 0 spiro atoms. The van der Waals surface area contributed by atoms with Gasteiger partial charge in [-0.2, -0.15) is 0 Å². The number of likely N-dealkylation sites (tertiary alicyclic amines) is 1. The molecule has 2 aromatic heterocycles. The number of nitrogens with zero attached hydrogens (tertiary/aromatic N) is 5. The van der Waals surface area contributed by atoms with E-state index in [0.717, 1.165) is 31.9 Å². The smallest absolute Gasteiger partial charge is 0.273 e. The molecule has 2 unspecified atom stereocenters. The van der Waals surface area contributed by atoms with Gasteiger partial charge in [0.1, 0.15) is 5.69 Å². The Morgan fingerprint density at radius 2 is 1.95 bits per heavy atom. The maximum atomic E-state index is 12.5. The Morgan fingerprint density at radius 1 is 1.14 bits per heavy atom. The fourth-order valence-corrected chi connectivity index (χ4v) is 3.92. The quantitative estimate of drug-likeness (QED) is 0.839. The van der Waals surface area contributed by atoms with Gasteiger partial charge in [-0.15, -0.1) is 11.3 Å². The van der Waals surface area contributed by atoms with Gasteiger partial charge in [0.05, 0.1) is 17.6 Å². The number of thiazole rings is 1. The first-order valence-electron chi connectivity index (χ1n) is 7.07. The molecule has 108 valence electrons. The van der Waals surface area contributed by atoms with Gasteiger partial charge in [-0.05, 0) is 18.9 Å². The first-order chi connectivity index (χ1) is 10.3. The van der Waals surface area contributed by atoms with Crippen LogP contribution < -0.4 is 4.90 Å². The lowest BCUT2D eigenvalue weighted by Crippen LogP contribution is -2.40. The molecule has 0 bridgehead atoms. The molecule has 0 saturated carbocycles. The average Bonchev–Trinajstić information content (AvgIpc) is 3.24. The average molecular weight is 301 g/mol. The lowest BCUT2D eigenvalue weighted by atomic mass is 10.1. The summed E-state index contributed by atoms with van der Waals surface area (Å²) in [4.78, 5) is 29.5. The second kappa shape index (κ2) is 5.07. The van der Waals surface area contributed by atoms with E-state index in [9.17, 15) is 4.79 Å². The van der Waals surface area contributed by atoms with Crippen molar-refractivity contribution in [3.05, 3.63) is 35.0 Å². The second-order valence-corrected chi connectivity index (χ2v) is 6.05. The van der Waals surface area contributed by atoms with E-state index < -0.39 is 0 Å². The van der Waals surface area contributed by atoms with Gasteiger partial charge in [-0.1, -0.05) is 0 Å². The van der Waals surface area contributed by atoms with Crippen molar-refractivity contribution in [1.29, 1.82) is 0 Å². The van der Waals surface area contributed by atoms with Crippen molar-refractivity contribution >= 4 is 23.2 Å². The molecule has 2 aromatic rings. The number of hydrogen-bond donors (Lipinski definition) is 0. The third-order valence-corrected chi connectivity index (χ3v) is 4.88. The summed E-state index contributed by atoms with van der Waals surface area (Å²) < 4.78 is 0. The molecule has 2 aliphatic heterocycles. The lowest BCUT2D eigenvalue weighted by molar-refractivity contribution is 0.0732. The summed E-state index contributed by atoms with van der Waals surface area (Å²) in [5.74, 6) is 0.826. The number of amides is 1. The molecule has 2 aliphatic rings. The van der Waals surface area contributed by atoms with Crippen LogP contribution in [0, 0.1) is 0 Å². The van der Waals surface area contributed by atoms with Crippen LogP contribution in [0.5, 0.6) is 0 Å². The zero-order valence-electron chi connectivity index (χ0n) is 11.4. The molecule has 7 heteroatoms. The van der Waals surface area contributed by atoms with Crippen molar-refractivity contribution in [3.8, 4) is 0 Å². The van der Waals surface area contributed by atoms with Crippen LogP contribution in [0.25, 0.3) is 0 Å². The van der Waals surface area contributed by atoms with Crippen molar-refractivity contribution < 1.29 is 4.79 Å². The third-order valence-electron chi connectivity index (χ3n) is 4.30. The van der Waals surface area contributed by atoms with Gasteiger partial charge >= 0.3 is 0 Å². The number of hydrogen-bond acceptors (Lipinski definition) is 6. The molecule has 0 aliphatic carbocycles. The molecule has 6 nitrogen and oxygen atoms in total. The Kier molecular flexibility index (Phi) is 3.07. The van der Waals surface area contributed by atoms with E-state index in [1.54, 1.807) is 17.9 Å². The van der Waals surface area contributed by atoms with Crippen molar-refractivity contribution in [1.82, 2.24) is 19.9 Å². The van der Waals surface area contributed by atoms with E-state index >= 15 is 0 Å². The topological polar surface area (TPSA) is 62.2 Å². The largest absolute Gasteiger partial charge is 0.336 e. The normalized spacial score (nSPS) is 24.4. The van der Waals surface area contributed by atoms with Gasteiger partial charge < -0.3 is 9.80 Å². The van der Waals surface area contributed by atoms with Gasteiger partial charge in [-0.3, -0.25) is 4.79 Å². The third kappa shape index (κ3) is 2.08. The van der Waals surface area contributed by atoms with Crippen LogP contribution in [0.1, 0.15) is 23.3 Å². The molecule has 4 heterocycles. The summed E-state index contributed by atoms with van der Waals surface area (Å²) in [6.45, 7) is 1.69. The molecule has 0 aromatic carbocycles. The Morgan fingerprint density at radius 3 is 2.71 bits per heavy atom. The highest BCUT2D eigenvalue weighted by atomic mass is 32.1. The summed E-state index contributed by atoms with van der Waals surface area (Å²) in [6.07, 6.45) is 5.48. The van der Waals surface area contributed by atoms with E-state index in [1.807, 2.05) is 16.3 Å². The highest BCUT2D eigenvalue weighted by molar-refractivity contribution is 7.07. The van der Waals surface area contributed by atoms with Crippen LogP contribution in [0.15, 0.2) is 29.4 Å². The number of carbonyl (C=O) groups excluding carboxylic acids is 1. The molecular weight excluding hydrogens is 286 g/mol. The number of fused-ring (bicyclic) bond motifs is 1. The fourth-order valence-electron chi connectivity index (χ4n) is 3.39. The molecule has 1 amide bonds. The standard InChI is InChI=1S/C14H15N5OS/c20-13(10-8-21-9-17-10)18-6-2-12-11(18)3-7-19(12)14-15-4-1-5-16-14/h1,4-5,8-9,11-12H,2-3,6-7H2. The van der Waals surface area contributed by atoms with Crippen LogP contribution in [0.2, 0.25) is 0 Å². The lowest BCUT2D eigenvalue weighted by Gasteiger charge is -2.25. The SMILES string of the molecule is O=C(c1cscn1)N1CCC2C1CCN2c1ncccn1. The highest BCUT2D eigenvalue weighted by Crippen LogP contribution is 2.34. The van der Waals surface area contributed by atoms with Crippen LogP contribution in [0.3, 0.4) is 0 Å². The Labute approximate surface area is 126 Å². The maximum absolute atomic E-state index is 12.5. The van der Waals surface area contributed by atoms with Crippen molar-refractivity contribution in [2.45, 2.75) is 24.9 Å². The first-order valence-corrected chi connectivity index (χ1v) is 8.01. The molecule has 2 fully saturated rings. The highest BCUT2D eigenvalue weighted by Gasteiger charge is 2.45. The van der Waals surface area contributed by atoms with Gasteiger partial charge in [0, 0.05) is 30.9 Å². The minimum absolute atomic E-state index is 0.0552. The maximum Gasteiger partial charge on any atom is 0.273 e. The Hall–Kier alpha value is -2.02. The molecule has 0 radical (unpaired) electrons. The minimum Gasteiger partial charge on any atom is -0.336 e. The summed E-state index contributed by atoms with van der Waals surface area (Å²) in [6, 6.07) is 2.40. The van der Waals surface area contributed by atoms with Gasteiger partial charge in [-0.25, -0.2) is 15.0 Å². The Balaban J connectivity index is 1.55.